The van der Waals surface area contributed by atoms with Crippen LogP contribution >= 0.6 is 22.7 Å². The Hall–Kier alpha value is -2.23. The molecule has 4 aliphatic carbocycles. The average Bonchev–Trinajstić information content (AvgIpc) is 3.40. The van der Waals surface area contributed by atoms with Crippen LogP contribution in [0.1, 0.15) is 55.8 Å². The highest BCUT2D eigenvalue weighted by atomic mass is 32.1. The van der Waals surface area contributed by atoms with Crippen molar-refractivity contribution >= 4 is 45.5 Å². The largest absolute Gasteiger partial charge is 0.462 e. The molecule has 176 valence electrons. The van der Waals surface area contributed by atoms with E-state index in [1.165, 1.54) is 22.7 Å². The van der Waals surface area contributed by atoms with Crippen LogP contribution in [0.2, 0.25) is 0 Å². The van der Waals surface area contributed by atoms with Crippen LogP contribution in [0.5, 0.6) is 0 Å². The van der Waals surface area contributed by atoms with E-state index in [0.29, 0.717) is 34.4 Å². The summed E-state index contributed by atoms with van der Waals surface area (Å²) in [6.45, 7) is 1.52. The second-order valence-corrected chi connectivity index (χ2v) is 11.5. The van der Waals surface area contributed by atoms with Gasteiger partial charge in [0.1, 0.15) is 10.6 Å². The molecule has 2 N–H and O–H groups in total. The topological polar surface area (TPSA) is 102 Å². The molecule has 9 heteroatoms. The van der Waals surface area contributed by atoms with E-state index in [4.69, 9.17) is 9.47 Å². The maximum atomic E-state index is 13.0. The third-order valence-corrected chi connectivity index (χ3v) is 8.91. The lowest BCUT2D eigenvalue weighted by molar-refractivity contribution is -0.196. The lowest BCUT2D eigenvalue weighted by Gasteiger charge is -2.58. The zero-order valence-corrected chi connectivity index (χ0v) is 20.1. The quantitative estimate of drug-likeness (QED) is 0.557. The molecule has 2 atom stereocenters. The number of nitrogens with one attached hydrogen (secondary N) is 1. The van der Waals surface area contributed by atoms with E-state index in [0.717, 1.165) is 37.0 Å². The van der Waals surface area contributed by atoms with Crippen LogP contribution in [0.4, 0.5) is 5.00 Å². The van der Waals surface area contributed by atoms with Crippen LogP contribution in [0.15, 0.2) is 22.9 Å². The Morgan fingerprint density at radius 2 is 1.91 bits per heavy atom. The lowest BCUT2D eigenvalue weighted by atomic mass is 9.48. The zero-order valence-electron chi connectivity index (χ0n) is 18.4. The van der Waals surface area contributed by atoms with Gasteiger partial charge in [0, 0.05) is 15.8 Å². The fourth-order valence-electron chi connectivity index (χ4n) is 6.37. The van der Waals surface area contributed by atoms with E-state index in [1.54, 1.807) is 6.92 Å². The van der Waals surface area contributed by atoms with E-state index < -0.39 is 29.5 Å². The first-order chi connectivity index (χ1) is 15.8. The van der Waals surface area contributed by atoms with Gasteiger partial charge >= 0.3 is 11.9 Å². The van der Waals surface area contributed by atoms with Gasteiger partial charge in [0.2, 0.25) is 0 Å². The highest BCUT2D eigenvalue weighted by Crippen LogP contribution is 2.62. The number of anilines is 1. The molecule has 6 rings (SSSR count). The Kier molecular flexibility index (Phi) is 5.83. The minimum Gasteiger partial charge on any atom is -0.462 e. The molecule has 0 saturated heterocycles. The maximum Gasteiger partial charge on any atom is 0.341 e. The second-order valence-electron chi connectivity index (χ2n) is 9.64. The summed E-state index contributed by atoms with van der Waals surface area (Å²) in [5.74, 6) is -0.687. The Balaban J connectivity index is 1.26. The van der Waals surface area contributed by atoms with E-state index in [9.17, 15) is 19.5 Å². The van der Waals surface area contributed by atoms with Crippen LogP contribution in [0, 0.1) is 17.3 Å². The molecule has 4 bridgehead atoms. The average molecular weight is 490 g/mol. The van der Waals surface area contributed by atoms with Crippen molar-refractivity contribution in [2.45, 2.75) is 51.0 Å². The van der Waals surface area contributed by atoms with Gasteiger partial charge < -0.3 is 19.9 Å². The van der Waals surface area contributed by atoms with Crippen molar-refractivity contribution in [1.82, 2.24) is 0 Å². The Labute approximate surface area is 200 Å². The number of ether oxygens (including phenoxy) is 2. The first-order valence-electron chi connectivity index (χ1n) is 11.3. The lowest BCUT2D eigenvalue weighted by Crippen LogP contribution is -2.58. The van der Waals surface area contributed by atoms with Crippen LogP contribution in [-0.4, -0.2) is 41.8 Å². The van der Waals surface area contributed by atoms with Gasteiger partial charge in [-0.3, -0.25) is 9.59 Å². The molecule has 0 aliphatic heterocycles. The summed E-state index contributed by atoms with van der Waals surface area (Å²) in [5, 5.41) is 17.7. The molecular weight excluding hydrogens is 462 g/mol. The van der Waals surface area contributed by atoms with Crippen molar-refractivity contribution in [2.24, 2.45) is 17.3 Å². The van der Waals surface area contributed by atoms with E-state index in [1.807, 2.05) is 22.9 Å². The summed E-state index contributed by atoms with van der Waals surface area (Å²) in [7, 11) is 0. The Bertz CT molecular complexity index is 1060. The number of esters is 2. The number of rotatable bonds is 7. The summed E-state index contributed by atoms with van der Waals surface area (Å²) < 4.78 is 10.7. The predicted molar refractivity (Wildman–Crippen MR) is 125 cm³/mol. The van der Waals surface area contributed by atoms with Crippen LogP contribution in [0.25, 0.3) is 10.4 Å². The molecule has 2 aromatic rings. The summed E-state index contributed by atoms with van der Waals surface area (Å²) in [4.78, 5) is 39.2. The first-order valence-corrected chi connectivity index (χ1v) is 13.1. The van der Waals surface area contributed by atoms with Gasteiger partial charge in [0.25, 0.3) is 5.91 Å². The van der Waals surface area contributed by atoms with Crippen molar-refractivity contribution in [3.05, 3.63) is 28.5 Å². The zero-order chi connectivity index (χ0) is 23.2. The van der Waals surface area contributed by atoms with Crippen LogP contribution in [0.3, 0.4) is 0 Å². The standard InChI is InChI=1S/C24H27NO6S2/c1-2-30-21(27)19-16(17-4-3-5-32-17)12-33-20(19)25-18(26)11-31-22(28)23-7-14-6-15(8-23)10-24(29,9-14)13-23/h3-5,12,14-15,29H,2,6-11,13H2,1H3,(H,25,26). The van der Waals surface area contributed by atoms with Crippen molar-refractivity contribution in [1.29, 1.82) is 0 Å². The second kappa shape index (κ2) is 8.52. The van der Waals surface area contributed by atoms with Gasteiger partial charge in [0.15, 0.2) is 6.61 Å². The van der Waals surface area contributed by atoms with Gasteiger partial charge in [0.05, 0.1) is 17.6 Å². The molecule has 0 radical (unpaired) electrons. The minimum atomic E-state index is -0.769. The number of amides is 1. The molecule has 1 amide bonds. The summed E-state index contributed by atoms with van der Waals surface area (Å²) in [6.07, 6.45) is 4.49. The summed E-state index contributed by atoms with van der Waals surface area (Å²) in [6, 6.07) is 3.80. The molecule has 0 aromatic carbocycles. The molecule has 4 saturated carbocycles. The normalized spacial score (nSPS) is 29.6. The molecule has 2 aromatic heterocycles. The van der Waals surface area contributed by atoms with Gasteiger partial charge in [-0.25, -0.2) is 4.79 Å². The molecule has 0 spiro atoms. The van der Waals surface area contributed by atoms with E-state index in [-0.39, 0.29) is 12.6 Å². The number of carbonyl (C=O) groups excluding carboxylic acids is 3. The molecule has 33 heavy (non-hydrogen) atoms. The molecule has 4 aliphatic rings. The van der Waals surface area contributed by atoms with Gasteiger partial charge in [-0.05, 0) is 68.7 Å². The van der Waals surface area contributed by atoms with Crippen molar-refractivity contribution in [2.75, 3.05) is 18.5 Å². The fraction of sp³-hybridized carbons (Fsp3) is 0.542. The molecule has 2 heterocycles. The molecule has 4 fully saturated rings. The number of hydrogen-bond donors (Lipinski definition) is 2. The van der Waals surface area contributed by atoms with Crippen molar-refractivity contribution in [3.63, 3.8) is 0 Å². The predicted octanol–water partition coefficient (Wildman–Crippen LogP) is 4.47. The summed E-state index contributed by atoms with van der Waals surface area (Å²) in [5.41, 5.74) is -0.422. The van der Waals surface area contributed by atoms with Gasteiger partial charge in [-0.2, -0.15) is 0 Å². The van der Waals surface area contributed by atoms with E-state index >= 15 is 0 Å². The molecule has 7 nitrogen and oxygen atoms in total. The molecule has 2 unspecified atom stereocenters. The Morgan fingerprint density at radius 3 is 2.55 bits per heavy atom. The maximum absolute atomic E-state index is 13.0. The SMILES string of the molecule is CCOC(=O)c1c(-c2cccs2)csc1NC(=O)COC(=O)C12CC3CC(CC(O)(C3)C1)C2. The number of aliphatic hydroxyl groups is 1. The molecular formula is C24H27NO6S2. The fourth-order valence-corrected chi connectivity index (χ4v) is 8.16. The van der Waals surface area contributed by atoms with Crippen molar-refractivity contribution < 1.29 is 29.0 Å². The number of thiophene rings is 2. The van der Waals surface area contributed by atoms with Crippen molar-refractivity contribution in [3.8, 4) is 10.4 Å². The number of hydrogen-bond acceptors (Lipinski definition) is 8. The van der Waals surface area contributed by atoms with Gasteiger partial charge in [-0.1, -0.05) is 6.07 Å². The highest BCUT2D eigenvalue weighted by Gasteiger charge is 2.60. The Morgan fingerprint density at radius 1 is 1.15 bits per heavy atom. The monoisotopic (exact) mass is 489 g/mol. The van der Waals surface area contributed by atoms with Gasteiger partial charge in [-0.15, -0.1) is 22.7 Å². The smallest absolute Gasteiger partial charge is 0.341 e. The summed E-state index contributed by atoms with van der Waals surface area (Å²) >= 11 is 2.73. The van der Waals surface area contributed by atoms with Crippen LogP contribution < -0.4 is 5.32 Å². The number of carbonyl (C=O) groups is 3. The van der Waals surface area contributed by atoms with Crippen LogP contribution in [-0.2, 0) is 19.1 Å². The third-order valence-electron chi connectivity index (χ3n) is 7.11. The highest BCUT2D eigenvalue weighted by molar-refractivity contribution is 7.17. The third kappa shape index (κ3) is 4.22. The minimum absolute atomic E-state index is 0.222. The van der Waals surface area contributed by atoms with E-state index in [2.05, 4.69) is 5.32 Å². The first kappa shape index (κ1) is 22.6.